The van der Waals surface area contributed by atoms with E-state index in [1.807, 2.05) is 25.4 Å². The van der Waals surface area contributed by atoms with Crippen molar-refractivity contribution in [3.63, 3.8) is 0 Å². The van der Waals surface area contributed by atoms with Crippen LogP contribution in [0.3, 0.4) is 0 Å². The number of likely N-dealkylation sites (tertiary alicyclic amines) is 2. The van der Waals surface area contributed by atoms with Gasteiger partial charge >= 0.3 is 0 Å². The van der Waals surface area contributed by atoms with Crippen molar-refractivity contribution >= 4 is 0 Å². The molecular weight excluding hydrogens is 326 g/mol. The average Bonchev–Trinajstić information content (AvgIpc) is 3.19. The number of pyridine rings is 1. The lowest BCUT2D eigenvalue weighted by atomic mass is 9.73. The fourth-order valence-electron chi connectivity index (χ4n) is 4.79. The molecule has 0 N–H and O–H groups in total. The van der Waals surface area contributed by atoms with Gasteiger partial charge in [-0.3, -0.25) is 9.88 Å². The summed E-state index contributed by atoms with van der Waals surface area (Å²) in [6.07, 6.45) is 4.98. The highest BCUT2D eigenvalue weighted by molar-refractivity contribution is 5.18. The molecule has 4 rings (SSSR count). The van der Waals surface area contributed by atoms with Crippen LogP contribution < -0.4 is 0 Å². The summed E-state index contributed by atoms with van der Waals surface area (Å²) in [4.78, 5) is 14.1. The van der Waals surface area contributed by atoms with E-state index in [1.54, 1.807) is 0 Å². The summed E-state index contributed by atoms with van der Waals surface area (Å²) < 4.78 is 5.73. The number of aryl methyl sites for hydroxylation is 1. The molecule has 2 aliphatic heterocycles. The zero-order valence-electron chi connectivity index (χ0n) is 16.1. The Labute approximate surface area is 155 Å². The Balaban J connectivity index is 1.59. The quantitative estimate of drug-likeness (QED) is 0.821. The van der Waals surface area contributed by atoms with Crippen molar-refractivity contribution in [1.29, 1.82) is 0 Å². The van der Waals surface area contributed by atoms with Crippen LogP contribution in [-0.2, 0) is 12.0 Å². The van der Waals surface area contributed by atoms with Crippen LogP contribution in [-0.4, -0.2) is 57.6 Å². The Morgan fingerprint density at radius 3 is 2.85 bits per heavy atom. The third-order valence-electron chi connectivity index (χ3n) is 5.77. The Bertz CT molecular complexity index is 731. The number of aromatic nitrogens is 3. The second kappa shape index (κ2) is 7.08. The molecule has 2 aromatic rings. The Kier molecular flexibility index (Phi) is 4.80. The molecule has 2 fully saturated rings. The normalized spacial score (nSPS) is 27.2. The van der Waals surface area contributed by atoms with Crippen molar-refractivity contribution in [3.05, 3.63) is 41.8 Å². The van der Waals surface area contributed by atoms with Crippen molar-refractivity contribution < 1.29 is 4.52 Å². The molecule has 4 heterocycles. The van der Waals surface area contributed by atoms with Crippen LogP contribution in [0, 0.1) is 18.8 Å². The third kappa shape index (κ3) is 3.40. The van der Waals surface area contributed by atoms with E-state index in [0.717, 1.165) is 51.0 Å². The molecule has 0 spiro atoms. The molecule has 0 saturated carbocycles. The molecule has 6 nitrogen and oxygen atoms in total. The van der Waals surface area contributed by atoms with Gasteiger partial charge in [-0.15, -0.1) is 0 Å². The molecule has 2 saturated heterocycles. The van der Waals surface area contributed by atoms with Gasteiger partial charge in [-0.25, -0.2) is 0 Å². The maximum Gasteiger partial charge on any atom is 0.235 e. The fraction of sp³-hybridized carbons (Fsp3) is 0.650. The van der Waals surface area contributed by atoms with Gasteiger partial charge < -0.3 is 9.42 Å². The summed E-state index contributed by atoms with van der Waals surface area (Å²) in [7, 11) is 0. The van der Waals surface area contributed by atoms with Gasteiger partial charge in [0.05, 0.1) is 5.41 Å². The summed E-state index contributed by atoms with van der Waals surface area (Å²) in [6.45, 7) is 12.8. The van der Waals surface area contributed by atoms with Crippen molar-refractivity contribution in [2.75, 3.05) is 32.7 Å². The highest BCUT2D eigenvalue weighted by Crippen LogP contribution is 2.44. The Hall–Kier alpha value is -1.79. The first kappa shape index (κ1) is 17.6. The van der Waals surface area contributed by atoms with E-state index < -0.39 is 0 Å². The van der Waals surface area contributed by atoms with Crippen LogP contribution in [0.25, 0.3) is 0 Å². The van der Waals surface area contributed by atoms with Gasteiger partial charge in [-0.1, -0.05) is 25.1 Å². The molecule has 6 heteroatoms. The van der Waals surface area contributed by atoms with Crippen molar-refractivity contribution in [2.24, 2.45) is 11.8 Å². The minimum atomic E-state index is -0.0450. The topological polar surface area (TPSA) is 58.3 Å². The van der Waals surface area contributed by atoms with Crippen LogP contribution in [0.4, 0.5) is 0 Å². The Morgan fingerprint density at radius 2 is 2.15 bits per heavy atom. The summed E-state index contributed by atoms with van der Waals surface area (Å²) in [5, 5.41) is 4.11. The molecule has 0 unspecified atom stereocenters. The lowest BCUT2D eigenvalue weighted by Crippen LogP contribution is -2.51. The minimum Gasteiger partial charge on any atom is -0.339 e. The molecule has 0 radical (unpaired) electrons. The number of nitrogens with zero attached hydrogens (tertiary/aromatic N) is 5. The first-order chi connectivity index (χ1) is 12.5. The average molecular weight is 355 g/mol. The van der Waals surface area contributed by atoms with Crippen LogP contribution in [0.2, 0.25) is 0 Å². The van der Waals surface area contributed by atoms with E-state index in [4.69, 9.17) is 4.52 Å². The highest BCUT2D eigenvalue weighted by Gasteiger charge is 2.54. The molecule has 2 aromatic heterocycles. The monoisotopic (exact) mass is 355 g/mol. The minimum absolute atomic E-state index is 0.0450. The van der Waals surface area contributed by atoms with E-state index in [9.17, 15) is 0 Å². The Morgan fingerprint density at radius 1 is 1.31 bits per heavy atom. The second-order valence-electron chi connectivity index (χ2n) is 8.45. The van der Waals surface area contributed by atoms with E-state index in [2.05, 4.69) is 44.8 Å². The molecule has 0 aromatic carbocycles. The molecule has 2 aliphatic rings. The fourth-order valence-corrected chi connectivity index (χ4v) is 4.79. The van der Waals surface area contributed by atoms with Gasteiger partial charge in [-0.05, 0) is 43.4 Å². The molecule has 0 aliphatic carbocycles. The largest absolute Gasteiger partial charge is 0.339 e. The van der Waals surface area contributed by atoms with Crippen LogP contribution in [0.1, 0.15) is 37.5 Å². The second-order valence-corrected chi connectivity index (χ2v) is 8.45. The van der Waals surface area contributed by atoms with Gasteiger partial charge in [0, 0.05) is 45.1 Å². The maximum atomic E-state index is 5.73. The first-order valence-electron chi connectivity index (χ1n) is 9.69. The van der Waals surface area contributed by atoms with Gasteiger partial charge in [0.1, 0.15) is 0 Å². The summed E-state index contributed by atoms with van der Waals surface area (Å²) in [5.41, 5.74) is 1.22. The van der Waals surface area contributed by atoms with Gasteiger partial charge in [0.15, 0.2) is 5.82 Å². The third-order valence-corrected chi connectivity index (χ3v) is 5.77. The molecule has 26 heavy (non-hydrogen) atoms. The van der Waals surface area contributed by atoms with Crippen molar-refractivity contribution in [3.8, 4) is 0 Å². The lowest BCUT2D eigenvalue weighted by Gasteiger charge is -2.41. The first-order valence-corrected chi connectivity index (χ1v) is 9.69. The number of hydrogen-bond acceptors (Lipinski definition) is 6. The number of piperidine rings is 1. The van der Waals surface area contributed by atoms with Crippen LogP contribution in [0.5, 0.6) is 0 Å². The molecule has 2 atom stereocenters. The van der Waals surface area contributed by atoms with Gasteiger partial charge in [0.2, 0.25) is 5.89 Å². The molecular formula is C20H29N5O. The predicted molar refractivity (Wildman–Crippen MR) is 99.6 cm³/mol. The maximum absolute atomic E-state index is 5.73. The summed E-state index contributed by atoms with van der Waals surface area (Å²) in [6, 6.07) is 4.17. The number of rotatable bonds is 5. The molecule has 0 amide bonds. The van der Waals surface area contributed by atoms with Gasteiger partial charge in [0.25, 0.3) is 0 Å². The predicted octanol–water partition coefficient (Wildman–Crippen LogP) is 2.50. The standard InChI is InChI=1S/C20H29N5O/c1-15(2)10-25-12-18-6-8-24(11-17-5-4-7-21-9-17)13-20(18,14-25)19-22-16(3)23-26-19/h4-5,7,9,15,18H,6,8,10-14H2,1-3H3/t18-,20-/m0/s1. The zero-order chi connectivity index (χ0) is 18.1. The van der Waals surface area contributed by atoms with Crippen LogP contribution in [0.15, 0.2) is 29.0 Å². The summed E-state index contributed by atoms with van der Waals surface area (Å²) >= 11 is 0. The lowest BCUT2D eigenvalue weighted by molar-refractivity contribution is 0.0875. The van der Waals surface area contributed by atoms with E-state index in [1.165, 1.54) is 12.0 Å². The molecule has 0 bridgehead atoms. The number of fused-ring (bicyclic) bond motifs is 1. The van der Waals surface area contributed by atoms with Crippen molar-refractivity contribution in [2.45, 2.75) is 39.2 Å². The van der Waals surface area contributed by atoms with Crippen LogP contribution >= 0.6 is 0 Å². The molecule has 140 valence electrons. The SMILES string of the molecule is Cc1noc([C@]23CN(Cc4cccnc4)CC[C@H]2CN(CC(C)C)C3)n1. The van der Waals surface area contributed by atoms with Gasteiger partial charge in [-0.2, -0.15) is 4.98 Å². The van der Waals surface area contributed by atoms with E-state index >= 15 is 0 Å². The number of hydrogen-bond donors (Lipinski definition) is 0. The van der Waals surface area contributed by atoms with E-state index in [-0.39, 0.29) is 5.41 Å². The zero-order valence-corrected chi connectivity index (χ0v) is 16.1. The van der Waals surface area contributed by atoms with E-state index in [0.29, 0.717) is 11.8 Å². The smallest absolute Gasteiger partial charge is 0.235 e. The summed E-state index contributed by atoms with van der Waals surface area (Å²) in [5.74, 6) is 2.83. The highest BCUT2D eigenvalue weighted by atomic mass is 16.5. The van der Waals surface area contributed by atoms with Crippen molar-refractivity contribution in [1.82, 2.24) is 24.9 Å².